The zero-order chi connectivity index (χ0) is 17.3. The van der Waals surface area contributed by atoms with Gasteiger partial charge in [0.15, 0.2) is 4.77 Å². The van der Waals surface area contributed by atoms with Gasteiger partial charge in [0.2, 0.25) is 5.91 Å². The molecule has 9 heteroatoms. The third kappa shape index (κ3) is 3.31. The van der Waals surface area contributed by atoms with Crippen molar-refractivity contribution in [1.29, 1.82) is 0 Å². The molecule has 124 valence electrons. The third-order valence-electron chi connectivity index (χ3n) is 3.54. The number of benzene rings is 1. The standard InChI is InChI=1S/C15H14BrN5O2S/c1-9(7-20-8-10(16)6-17-20)13(22)19-21-14(23)11-4-2-3-5-12(11)18-15(21)24/h2-6,8-9H,7H2,1H3,(H,18,24)(H,19,22)/t9-/m1/s1. The number of halogens is 1. The molecule has 0 spiro atoms. The summed E-state index contributed by atoms with van der Waals surface area (Å²) in [5, 5.41) is 4.57. The lowest BCUT2D eigenvalue weighted by Gasteiger charge is -2.14. The number of carbonyl (C=O) groups is 1. The molecule has 0 aliphatic rings. The van der Waals surface area contributed by atoms with Gasteiger partial charge in [0.1, 0.15) is 0 Å². The Balaban J connectivity index is 1.85. The molecule has 2 heterocycles. The third-order valence-corrected chi connectivity index (χ3v) is 4.23. The van der Waals surface area contributed by atoms with Crippen LogP contribution in [0.1, 0.15) is 6.92 Å². The van der Waals surface area contributed by atoms with E-state index in [1.807, 2.05) is 0 Å². The number of nitrogens with one attached hydrogen (secondary N) is 2. The summed E-state index contributed by atoms with van der Waals surface area (Å²) in [5.41, 5.74) is 2.84. The van der Waals surface area contributed by atoms with E-state index in [9.17, 15) is 9.59 Å². The highest BCUT2D eigenvalue weighted by Crippen LogP contribution is 2.09. The molecular weight excluding hydrogens is 394 g/mol. The van der Waals surface area contributed by atoms with Crippen LogP contribution in [0.5, 0.6) is 0 Å². The van der Waals surface area contributed by atoms with E-state index in [0.29, 0.717) is 17.4 Å². The maximum absolute atomic E-state index is 12.5. The normalized spacial score (nSPS) is 12.2. The lowest BCUT2D eigenvalue weighted by molar-refractivity contribution is -0.120. The maximum Gasteiger partial charge on any atom is 0.281 e. The molecule has 0 aliphatic carbocycles. The number of aromatic amines is 1. The van der Waals surface area contributed by atoms with E-state index >= 15 is 0 Å². The number of H-pyrrole nitrogens is 1. The first kappa shape index (κ1) is 16.6. The number of carbonyl (C=O) groups excluding carboxylic acids is 1. The van der Waals surface area contributed by atoms with Crippen molar-refractivity contribution >= 4 is 45.0 Å². The average Bonchev–Trinajstić information content (AvgIpc) is 2.96. The largest absolute Gasteiger partial charge is 0.330 e. The van der Waals surface area contributed by atoms with E-state index in [4.69, 9.17) is 12.2 Å². The summed E-state index contributed by atoms with van der Waals surface area (Å²) < 4.78 is 3.69. The molecule has 2 N–H and O–H groups in total. The second-order valence-electron chi connectivity index (χ2n) is 5.37. The number of aromatic nitrogens is 4. The summed E-state index contributed by atoms with van der Waals surface area (Å²) in [6.07, 6.45) is 3.42. The molecule has 1 atom stereocenters. The highest BCUT2D eigenvalue weighted by Gasteiger charge is 2.16. The monoisotopic (exact) mass is 407 g/mol. The molecular formula is C15H14BrN5O2S. The van der Waals surface area contributed by atoms with Crippen molar-refractivity contribution in [3.05, 3.63) is 56.3 Å². The van der Waals surface area contributed by atoms with E-state index < -0.39 is 5.92 Å². The summed E-state index contributed by atoms with van der Waals surface area (Å²) in [5.74, 6) is -0.719. The quantitative estimate of drug-likeness (QED) is 0.650. The van der Waals surface area contributed by atoms with Crippen molar-refractivity contribution in [2.24, 2.45) is 5.92 Å². The zero-order valence-electron chi connectivity index (χ0n) is 12.7. The van der Waals surface area contributed by atoms with E-state index in [2.05, 4.69) is 31.4 Å². The molecule has 1 amide bonds. The van der Waals surface area contributed by atoms with Gasteiger partial charge in [-0.15, -0.1) is 0 Å². The Morgan fingerprint density at radius 2 is 2.21 bits per heavy atom. The number of hydrogen-bond acceptors (Lipinski definition) is 4. The van der Waals surface area contributed by atoms with Gasteiger partial charge >= 0.3 is 0 Å². The minimum absolute atomic E-state index is 0.140. The van der Waals surface area contributed by atoms with Gasteiger partial charge in [-0.05, 0) is 40.3 Å². The van der Waals surface area contributed by atoms with Crippen LogP contribution in [0.2, 0.25) is 0 Å². The van der Waals surface area contributed by atoms with Gasteiger partial charge in [-0.3, -0.25) is 19.7 Å². The van der Waals surface area contributed by atoms with Gasteiger partial charge in [-0.1, -0.05) is 19.1 Å². The summed E-state index contributed by atoms with van der Waals surface area (Å²) in [4.78, 5) is 27.8. The maximum atomic E-state index is 12.5. The Hall–Kier alpha value is -2.26. The van der Waals surface area contributed by atoms with Crippen LogP contribution >= 0.6 is 28.1 Å². The number of fused-ring (bicyclic) bond motifs is 1. The van der Waals surface area contributed by atoms with Crippen LogP contribution in [0.15, 0.2) is 45.9 Å². The van der Waals surface area contributed by atoms with Crippen LogP contribution in [0.25, 0.3) is 10.9 Å². The van der Waals surface area contributed by atoms with Crippen LogP contribution in [0.4, 0.5) is 0 Å². The van der Waals surface area contributed by atoms with Crippen LogP contribution in [-0.4, -0.2) is 25.3 Å². The second-order valence-corrected chi connectivity index (χ2v) is 6.68. The van der Waals surface area contributed by atoms with E-state index in [0.717, 1.165) is 9.15 Å². The highest BCUT2D eigenvalue weighted by molar-refractivity contribution is 9.10. The molecule has 0 saturated carbocycles. The first-order chi connectivity index (χ1) is 11.5. The predicted octanol–water partition coefficient (Wildman–Crippen LogP) is 2.42. The lowest BCUT2D eigenvalue weighted by atomic mass is 10.2. The Kier molecular flexibility index (Phi) is 4.63. The van der Waals surface area contributed by atoms with Crippen molar-refractivity contribution < 1.29 is 4.79 Å². The Labute approximate surface area is 150 Å². The van der Waals surface area contributed by atoms with Gasteiger partial charge in [-0.25, -0.2) is 0 Å². The molecule has 24 heavy (non-hydrogen) atoms. The fraction of sp³-hybridized carbons (Fsp3) is 0.200. The van der Waals surface area contributed by atoms with Crippen molar-refractivity contribution in [3.63, 3.8) is 0 Å². The molecule has 0 radical (unpaired) electrons. The average molecular weight is 408 g/mol. The molecule has 2 aromatic heterocycles. The van der Waals surface area contributed by atoms with E-state index in [1.165, 1.54) is 0 Å². The SMILES string of the molecule is C[C@H](Cn1cc(Br)cn1)C(=O)Nn1c(=S)[nH]c2ccccc2c1=O. The van der Waals surface area contributed by atoms with Crippen molar-refractivity contribution in [2.75, 3.05) is 5.43 Å². The number of nitrogens with zero attached hydrogens (tertiary/aromatic N) is 3. The van der Waals surface area contributed by atoms with Crippen molar-refractivity contribution in [3.8, 4) is 0 Å². The summed E-state index contributed by atoms with van der Waals surface area (Å²) in [7, 11) is 0. The van der Waals surface area contributed by atoms with Crippen molar-refractivity contribution in [1.82, 2.24) is 19.4 Å². The molecule has 0 aliphatic heterocycles. The van der Waals surface area contributed by atoms with Gasteiger partial charge in [0.25, 0.3) is 5.56 Å². The molecule has 0 saturated heterocycles. The van der Waals surface area contributed by atoms with E-state index in [-0.39, 0.29) is 16.2 Å². The van der Waals surface area contributed by atoms with Gasteiger partial charge in [-0.2, -0.15) is 9.77 Å². The molecule has 1 aromatic carbocycles. The Bertz CT molecular complexity index is 1020. The summed E-state index contributed by atoms with van der Waals surface area (Å²) in [6, 6.07) is 7.00. The van der Waals surface area contributed by atoms with Gasteiger partial charge in [0.05, 0.1) is 34.0 Å². The number of rotatable bonds is 4. The zero-order valence-corrected chi connectivity index (χ0v) is 15.1. The number of para-hydroxylation sites is 1. The smallest absolute Gasteiger partial charge is 0.281 e. The van der Waals surface area contributed by atoms with Crippen LogP contribution < -0.4 is 11.0 Å². The minimum Gasteiger partial charge on any atom is -0.330 e. The number of hydrogen-bond donors (Lipinski definition) is 2. The van der Waals surface area contributed by atoms with Crippen LogP contribution in [-0.2, 0) is 11.3 Å². The van der Waals surface area contributed by atoms with Crippen LogP contribution in [0.3, 0.4) is 0 Å². The second kappa shape index (κ2) is 6.70. The topological polar surface area (TPSA) is 84.7 Å². The molecule has 0 bridgehead atoms. The fourth-order valence-corrected chi connectivity index (χ4v) is 2.85. The van der Waals surface area contributed by atoms with Crippen LogP contribution in [0, 0.1) is 10.7 Å². The van der Waals surface area contributed by atoms with E-state index in [1.54, 1.807) is 48.3 Å². The molecule has 0 unspecified atom stereocenters. The van der Waals surface area contributed by atoms with Gasteiger partial charge in [0, 0.05) is 6.20 Å². The lowest BCUT2D eigenvalue weighted by Crippen LogP contribution is -2.38. The van der Waals surface area contributed by atoms with Gasteiger partial charge < -0.3 is 4.98 Å². The molecule has 0 fully saturated rings. The summed E-state index contributed by atoms with van der Waals surface area (Å²) >= 11 is 8.48. The Morgan fingerprint density at radius 1 is 1.46 bits per heavy atom. The Morgan fingerprint density at radius 3 is 2.92 bits per heavy atom. The minimum atomic E-state index is -0.399. The fourth-order valence-electron chi connectivity index (χ4n) is 2.29. The molecule has 7 nitrogen and oxygen atoms in total. The first-order valence-corrected chi connectivity index (χ1v) is 8.39. The molecule has 3 aromatic rings. The predicted molar refractivity (Wildman–Crippen MR) is 96.9 cm³/mol. The highest BCUT2D eigenvalue weighted by atomic mass is 79.9. The number of amides is 1. The molecule has 3 rings (SSSR count). The first-order valence-electron chi connectivity index (χ1n) is 7.18. The summed E-state index contributed by atoms with van der Waals surface area (Å²) in [6.45, 7) is 2.14. The van der Waals surface area contributed by atoms with Crippen molar-refractivity contribution in [2.45, 2.75) is 13.5 Å².